The zero-order chi connectivity index (χ0) is 14.7. The molecule has 0 saturated heterocycles. The van der Waals surface area contributed by atoms with Crippen LogP contribution in [0.2, 0.25) is 0 Å². The van der Waals surface area contributed by atoms with Crippen LogP contribution in [0.4, 0.5) is 5.69 Å². The summed E-state index contributed by atoms with van der Waals surface area (Å²) in [5, 5.41) is 0. The van der Waals surface area contributed by atoms with E-state index in [4.69, 9.17) is 4.74 Å². The normalized spacial score (nSPS) is 13.6. The van der Waals surface area contributed by atoms with Crippen molar-refractivity contribution in [2.45, 2.75) is 12.8 Å². The lowest BCUT2D eigenvalue weighted by Crippen LogP contribution is -2.38. The fourth-order valence-electron chi connectivity index (χ4n) is 2.53. The predicted octanol–water partition coefficient (Wildman–Crippen LogP) is 2.15. The van der Waals surface area contributed by atoms with Crippen molar-refractivity contribution in [1.29, 1.82) is 0 Å². The highest BCUT2D eigenvalue weighted by atomic mass is 16.5. The number of nitrogens with one attached hydrogen (secondary N) is 1. The maximum Gasteiger partial charge on any atom is 0.355 e. The number of ether oxygens (including phenoxy) is 1. The number of para-hydroxylation sites is 1. The molecule has 0 unspecified atom stereocenters. The van der Waals surface area contributed by atoms with Gasteiger partial charge in [0.2, 0.25) is 0 Å². The van der Waals surface area contributed by atoms with Gasteiger partial charge in [-0.2, -0.15) is 0 Å². The van der Waals surface area contributed by atoms with E-state index in [1.807, 2.05) is 24.3 Å². The van der Waals surface area contributed by atoms with Gasteiger partial charge in [-0.25, -0.2) is 4.79 Å². The van der Waals surface area contributed by atoms with E-state index in [9.17, 15) is 9.59 Å². The Morgan fingerprint density at radius 1 is 1.19 bits per heavy atom. The molecule has 1 amide bonds. The van der Waals surface area contributed by atoms with Gasteiger partial charge in [0.05, 0.1) is 0 Å². The Bertz CT molecular complexity index is 649. The molecule has 21 heavy (non-hydrogen) atoms. The summed E-state index contributed by atoms with van der Waals surface area (Å²) in [5.41, 5.74) is 2.43. The van der Waals surface area contributed by atoms with Crippen LogP contribution in [0.15, 0.2) is 42.6 Å². The van der Waals surface area contributed by atoms with Crippen LogP contribution in [0.1, 0.15) is 22.5 Å². The zero-order valence-corrected chi connectivity index (χ0v) is 11.5. The minimum absolute atomic E-state index is 0.193. The zero-order valence-electron chi connectivity index (χ0n) is 11.5. The Labute approximate surface area is 122 Å². The van der Waals surface area contributed by atoms with Crippen LogP contribution in [0.25, 0.3) is 0 Å². The maximum atomic E-state index is 12.3. The average molecular weight is 284 g/mol. The number of aromatic amines is 1. The van der Waals surface area contributed by atoms with E-state index >= 15 is 0 Å². The van der Waals surface area contributed by atoms with Gasteiger partial charge in [-0.1, -0.05) is 18.2 Å². The molecule has 1 N–H and O–H groups in total. The predicted molar refractivity (Wildman–Crippen MR) is 78.2 cm³/mol. The van der Waals surface area contributed by atoms with Gasteiger partial charge >= 0.3 is 5.97 Å². The number of aryl methyl sites for hydroxylation is 1. The van der Waals surface area contributed by atoms with Crippen molar-refractivity contribution >= 4 is 17.6 Å². The quantitative estimate of drug-likeness (QED) is 0.878. The number of carbonyl (C=O) groups excluding carboxylic acids is 2. The van der Waals surface area contributed by atoms with Gasteiger partial charge < -0.3 is 14.6 Å². The van der Waals surface area contributed by atoms with Crippen LogP contribution in [0.3, 0.4) is 0 Å². The van der Waals surface area contributed by atoms with Gasteiger partial charge in [-0.05, 0) is 36.6 Å². The van der Waals surface area contributed by atoms with Gasteiger partial charge in [0.1, 0.15) is 5.69 Å². The Balaban J connectivity index is 1.65. The van der Waals surface area contributed by atoms with Crippen LogP contribution in [0.5, 0.6) is 0 Å². The van der Waals surface area contributed by atoms with E-state index in [2.05, 4.69) is 4.98 Å². The fraction of sp³-hybridized carbons (Fsp3) is 0.250. The standard InChI is InChI=1S/C16H16N2O3/c19-15(11-21-16(20)13-7-3-9-17-13)18-10-4-6-12-5-1-2-8-14(12)18/h1-3,5,7-9,17H,4,6,10-11H2. The summed E-state index contributed by atoms with van der Waals surface area (Å²) >= 11 is 0. The molecule has 0 bridgehead atoms. The van der Waals surface area contributed by atoms with E-state index in [0.29, 0.717) is 12.2 Å². The molecular formula is C16H16N2O3. The average Bonchev–Trinajstić information content (AvgIpc) is 3.06. The Hall–Kier alpha value is -2.56. The first-order chi connectivity index (χ1) is 10.3. The number of fused-ring (bicyclic) bond motifs is 1. The lowest BCUT2D eigenvalue weighted by Gasteiger charge is -2.29. The van der Waals surface area contributed by atoms with Crippen LogP contribution < -0.4 is 4.90 Å². The van der Waals surface area contributed by atoms with Crippen molar-refractivity contribution < 1.29 is 14.3 Å². The van der Waals surface area contributed by atoms with E-state index in [-0.39, 0.29) is 12.5 Å². The monoisotopic (exact) mass is 284 g/mol. The molecule has 5 heteroatoms. The largest absolute Gasteiger partial charge is 0.451 e. The second-order valence-corrected chi connectivity index (χ2v) is 4.94. The lowest BCUT2D eigenvalue weighted by atomic mass is 10.0. The smallest absolute Gasteiger partial charge is 0.355 e. The summed E-state index contributed by atoms with van der Waals surface area (Å²) in [6.07, 6.45) is 3.54. The molecule has 0 saturated carbocycles. The minimum atomic E-state index is -0.515. The van der Waals surface area contributed by atoms with Crippen molar-refractivity contribution in [1.82, 2.24) is 4.98 Å². The van der Waals surface area contributed by atoms with Crippen LogP contribution in [0, 0.1) is 0 Å². The maximum absolute atomic E-state index is 12.3. The summed E-state index contributed by atoms with van der Waals surface area (Å²) in [5.74, 6) is -0.708. The molecule has 0 atom stereocenters. The molecule has 2 aromatic rings. The molecule has 108 valence electrons. The van der Waals surface area contributed by atoms with Crippen molar-refractivity contribution in [3.63, 3.8) is 0 Å². The van der Waals surface area contributed by atoms with Crippen molar-refractivity contribution in [2.75, 3.05) is 18.1 Å². The summed E-state index contributed by atoms with van der Waals surface area (Å²) in [4.78, 5) is 28.4. The third-order valence-corrected chi connectivity index (χ3v) is 3.56. The second kappa shape index (κ2) is 5.83. The summed E-state index contributed by atoms with van der Waals surface area (Å²) in [6, 6.07) is 11.2. The molecule has 1 aliphatic rings. The Kier molecular flexibility index (Phi) is 3.73. The molecule has 2 heterocycles. The molecule has 0 radical (unpaired) electrons. The topological polar surface area (TPSA) is 62.4 Å². The number of anilines is 1. The third kappa shape index (κ3) is 2.81. The van der Waals surface area contributed by atoms with E-state index in [1.165, 1.54) is 0 Å². The summed E-state index contributed by atoms with van der Waals surface area (Å²) < 4.78 is 5.06. The van der Waals surface area contributed by atoms with Crippen molar-refractivity contribution in [3.05, 3.63) is 53.9 Å². The number of H-pyrrole nitrogens is 1. The molecule has 1 aromatic carbocycles. The van der Waals surface area contributed by atoms with Gasteiger partial charge in [0.15, 0.2) is 6.61 Å². The Morgan fingerprint density at radius 3 is 2.86 bits per heavy atom. The molecule has 1 aromatic heterocycles. The SMILES string of the molecule is O=C(OCC(=O)N1CCCc2ccccc21)c1ccc[nH]1. The first-order valence-electron chi connectivity index (χ1n) is 6.94. The fourth-order valence-corrected chi connectivity index (χ4v) is 2.53. The van der Waals surface area contributed by atoms with Crippen molar-refractivity contribution in [2.24, 2.45) is 0 Å². The number of carbonyl (C=O) groups is 2. The number of amides is 1. The molecule has 1 aliphatic heterocycles. The molecule has 3 rings (SSSR count). The van der Waals surface area contributed by atoms with Crippen molar-refractivity contribution in [3.8, 4) is 0 Å². The first-order valence-corrected chi connectivity index (χ1v) is 6.94. The molecule has 0 spiro atoms. The number of rotatable bonds is 3. The van der Waals surface area contributed by atoms with Crippen LogP contribution >= 0.6 is 0 Å². The van der Waals surface area contributed by atoms with Gasteiger partial charge in [0.25, 0.3) is 5.91 Å². The number of aromatic nitrogens is 1. The van der Waals surface area contributed by atoms with E-state index < -0.39 is 5.97 Å². The van der Waals surface area contributed by atoms with E-state index in [0.717, 1.165) is 24.1 Å². The third-order valence-electron chi connectivity index (χ3n) is 3.56. The van der Waals surface area contributed by atoms with Crippen LogP contribution in [-0.2, 0) is 16.0 Å². The number of hydrogen-bond donors (Lipinski definition) is 1. The molecular weight excluding hydrogens is 268 g/mol. The summed E-state index contributed by atoms with van der Waals surface area (Å²) in [7, 11) is 0. The number of hydrogen-bond acceptors (Lipinski definition) is 3. The second-order valence-electron chi connectivity index (χ2n) is 4.94. The van der Waals surface area contributed by atoms with Gasteiger partial charge in [-0.3, -0.25) is 4.79 Å². The van der Waals surface area contributed by atoms with Gasteiger partial charge in [-0.15, -0.1) is 0 Å². The van der Waals surface area contributed by atoms with Crippen LogP contribution in [-0.4, -0.2) is 30.0 Å². The molecule has 0 fully saturated rings. The molecule has 5 nitrogen and oxygen atoms in total. The number of esters is 1. The number of nitrogens with zero attached hydrogens (tertiary/aromatic N) is 1. The molecule has 0 aliphatic carbocycles. The highest BCUT2D eigenvalue weighted by molar-refractivity contribution is 5.97. The number of benzene rings is 1. The summed E-state index contributed by atoms with van der Waals surface area (Å²) in [6.45, 7) is 0.419. The Morgan fingerprint density at radius 2 is 2.05 bits per heavy atom. The lowest BCUT2D eigenvalue weighted by molar-refractivity contribution is -0.121. The minimum Gasteiger partial charge on any atom is -0.451 e. The highest BCUT2D eigenvalue weighted by Gasteiger charge is 2.23. The highest BCUT2D eigenvalue weighted by Crippen LogP contribution is 2.26. The first kappa shape index (κ1) is 13.4. The van der Waals surface area contributed by atoms with E-state index in [1.54, 1.807) is 23.2 Å². The van der Waals surface area contributed by atoms with Gasteiger partial charge in [0, 0.05) is 18.4 Å².